The lowest BCUT2D eigenvalue weighted by molar-refractivity contribution is -0.577. The van der Waals surface area contributed by atoms with Gasteiger partial charge in [-0.25, -0.2) is 9.78 Å². The number of benzene rings is 3. The molecule has 304 valence electrons. The molecule has 3 aromatic carbocycles. The molecule has 1 saturated carbocycles. The first-order valence-corrected chi connectivity index (χ1v) is 21.8. The van der Waals surface area contributed by atoms with E-state index in [0.717, 1.165) is 97.0 Å². The number of aliphatic hydroxyl groups excluding tert-OH is 1. The van der Waals surface area contributed by atoms with Crippen LogP contribution in [0.25, 0.3) is 22.8 Å². The standard InChI is InChI=1S/C30H32Cl3NO.C16H26O5/c1-3-5-13-34(14-6-4-2)19-29(35)28-18-23(33)17-27-25(15-20-7-9-21(31)10-8-20)26-16-22(32)11-12-24(26)30(27)28;1-9-5-6-12-10(2)13(17-4)18-14-16(12)11(9)7-8-15(3,19-14)20-21-16/h7-12,15-18,29,35H,3-6,13-14,19H2,1-2H3;9-14H,5-8H2,1-4H3/b25-15-;/t;9-,10-,11+,12+,13+,14-,15?,16-/m.1/s1. The van der Waals surface area contributed by atoms with E-state index in [1.54, 1.807) is 7.11 Å². The third kappa shape index (κ3) is 8.25. The van der Waals surface area contributed by atoms with Gasteiger partial charge in [-0.1, -0.05) is 93.5 Å². The number of hydrogen-bond acceptors (Lipinski definition) is 7. The van der Waals surface area contributed by atoms with Crippen molar-refractivity contribution in [3.05, 3.63) is 91.9 Å². The Morgan fingerprint density at radius 2 is 1.55 bits per heavy atom. The Labute approximate surface area is 348 Å². The quantitative estimate of drug-likeness (QED) is 0.151. The highest BCUT2D eigenvalue weighted by molar-refractivity contribution is 6.32. The fourth-order valence-corrected chi connectivity index (χ4v) is 10.5. The summed E-state index contributed by atoms with van der Waals surface area (Å²) in [7, 11) is 1.70. The minimum Gasteiger partial charge on any atom is -0.387 e. The Kier molecular flexibility index (Phi) is 13.3. The fourth-order valence-electron chi connectivity index (χ4n) is 9.93. The minimum atomic E-state index is -0.698. The summed E-state index contributed by atoms with van der Waals surface area (Å²) < 4.78 is 17.9. The number of ether oxygens (including phenoxy) is 3. The average molecular weight is 827 g/mol. The first kappa shape index (κ1) is 42.1. The van der Waals surface area contributed by atoms with Crippen LogP contribution in [-0.2, 0) is 24.0 Å². The number of halogens is 3. The van der Waals surface area contributed by atoms with Gasteiger partial charge in [-0.2, -0.15) is 0 Å². The molecule has 56 heavy (non-hydrogen) atoms. The molecule has 3 aromatic rings. The van der Waals surface area contributed by atoms with Crippen molar-refractivity contribution in [2.45, 2.75) is 116 Å². The van der Waals surface area contributed by atoms with Gasteiger partial charge in [0.2, 0.25) is 5.79 Å². The zero-order chi connectivity index (χ0) is 39.8. The summed E-state index contributed by atoms with van der Waals surface area (Å²) in [5, 5.41) is 13.5. The van der Waals surface area contributed by atoms with Crippen molar-refractivity contribution in [3.63, 3.8) is 0 Å². The Morgan fingerprint density at radius 1 is 0.857 bits per heavy atom. The van der Waals surface area contributed by atoms with Gasteiger partial charge in [-0.15, -0.1) is 0 Å². The van der Waals surface area contributed by atoms with Crippen molar-refractivity contribution in [3.8, 4) is 11.1 Å². The molecule has 2 aliphatic carbocycles. The van der Waals surface area contributed by atoms with Crippen LogP contribution >= 0.6 is 34.8 Å². The van der Waals surface area contributed by atoms with E-state index in [1.807, 2.05) is 55.5 Å². The van der Waals surface area contributed by atoms with Crippen LogP contribution in [0.3, 0.4) is 0 Å². The number of rotatable bonds is 11. The molecule has 6 aliphatic rings. The number of methoxy groups -OCH3 is 1. The summed E-state index contributed by atoms with van der Waals surface area (Å²) in [5.41, 5.74) is 6.67. The Hall–Kier alpha value is -2.01. The van der Waals surface area contributed by atoms with Crippen LogP contribution in [0.5, 0.6) is 0 Å². The molecule has 0 radical (unpaired) electrons. The lowest BCUT2D eigenvalue weighted by Crippen LogP contribution is -2.70. The predicted octanol–water partition coefficient (Wildman–Crippen LogP) is 12.0. The van der Waals surface area contributed by atoms with Crippen molar-refractivity contribution in [2.24, 2.45) is 23.7 Å². The number of unbranched alkanes of at least 4 members (excludes halogenated alkanes) is 2. The Morgan fingerprint density at radius 3 is 2.25 bits per heavy atom. The van der Waals surface area contributed by atoms with Crippen molar-refractivity contribution < 1.29 is 29.1 Å². The van der Waals surface area contributed by atoms with Gasteiger partial charge in [0, 0.05) is 47.0 Å². The van der Waals surface area contributed by atoms with E-state index >= 15 is 0 Å². The molecule has 1 spiro atoms. The van der Waals surface area contributed by atoms with Gasteiger partial charge in [0.25, 0.3) is 0 Å². The molecule has 7 nitrogen and oxygen atoms in total. The van der Waals surface area contributed by atoms with Gasteiger partial charge in [0.15, 0.2) is 18.2 Å². The maximum Gasteiger partial charge on any atom is 0.201 e. The highest BCUT2D eigenvalue weighted by atomic mass is 35.5. The monoisotopic (exact) mass is 825 g/mol. The lowest BCUT2D eigenvalue weighted by atomic mass is 9.58. The van der Waals surface area contributed by atoms with Crippen molar-refractivity contribution in [1.29, 1.82) is 0 Å². The van der Waals surface area contributed by atoms with E-state index in [0.29, 0.717) is 39.4 Å². The molecular weight excluding hydrogens is 769 g/mol. The Balaban J connectivity index is 0.000000193. The molecule has 0 aromatic heterocycles. The molecular formula is C46H58Cl3NO6. The first-order valence-electron chi connectivity index (χ1n) is 20.7. The van der Waals surface area contributed by atoms with E-state index in [1.165, 1.54) is 6.42 Å². The normalized spacial score (nSPS) is 31.3. The largest absolute Gasteiger partial charge is 0.387 e. The molecule has 4 heterocycles. The predicted molar refractivity (Wildman–Crippen MR) is 225 cm³/mol. The average Bonchev–Trinajstić information content (AvgIpc) is 3.28. The van der Waals surface area contributed by atoms with E-state index in [2.05, 4.69) is 44.7 Å². The molecule has 4 saturated heterocycles. The van der Waals surface area contributed by atoms with Crippen LogP contribution in [0.15, 0.2) is 54.6 Å². The second kappa shape index (κ2) is 17.7. The topological polar surface area (TPSA) is 69.6 Å². The molecule has 9 rings (SSSR count). The first-order chi connectivity index (χ1) is 26.9. The van der Waals surface area contributed by atoms with E-state index in [9.17, 15) is 5.11 Å². The van der Waals surface area contributed by atoms with Crippen LogP contribution in [0.4, 0.5) is 0 Å². The SMILES string of the molecule is CCCCN(CCCC)CC(O)c1cc(Cl)cc2c1-c1ccc(Cl)cc1/C2=C/c1ccc(Cl)cc1.CO[C@H]1O[C@@H]2OC3(C)CC[C@H]4[C@H](C)CC[C@@H]([C@H]1C)[C@@]24OO3. The molecule has 2 bridgehead atoms. The summed E-state index contributed by atoms with van der Waals surface area (Å²) in [5.74, 6) is 0.953. The minimum absolute atomic E-state index is 0.230. The number of hydrogen-bond donors (Lipinski definition) is 1. The smallest absolute Gasteiger partial charge is 0.201 e. The second-order valence-electron chi connectivity index (χ2n) is 16.7. The summed E-state index contributed by atoms with van der Waals surface area (Å²) in [6.07, 6.45) is 9.65. The summed E-state index contributed by atoms with van der Waals surface area (Å²) in [6.45, 7) is 13.4. The molecule has 1 N–H and O–H groups in total. The van der Waals surface area contributed by atoms with Gasteiger partial charge in [-0.05, 0) is 145 Å². The van der Waals surface area contributed by atoms with Gasteiger partial charge < -0.3 is 24.2 Å². The zero-order valence-electron chi connectivity index (χ0n) is 33.7. The van der Waals surface area contributed by atoms with E-state index in [4.69, 9.17) is 58.8 Å². The van der Waals surface area contributed by atoms with Gasteiger partial charge in [-0.3, -0.25) is 0 Å². The highest BCUT2D eigenvalue weighted by Crippen LogP contribution is 2.60. The summed E-state index contributed by atoms with van der Waals surface area (Å²) >= 11 is 19.2. The van der Waals surface area contributed by atoms with Crippen molar-refractivity contribution in [2.75, 3.05) is 26.7 Å². The molecule has 2 unspecified atom stereocenters. The zero-order valence-corrected chi connectivity index (χ0v) is 35.9. The third-order valence-electron chi connectivity index (χ3n) is 12.9. The van der Waals surface area contributed by atoms with Gasteiger partial charge in [0.05, 0.1) is 6.10 Å². The van der Waals surface area contributed by atoms with Gasteiger partial charge in [0.1, 0.15) is 0 Å². The number of fused-ring (bicyclic) bond motifs is 5. The van der Waals surface area contributed by atoms with E-state index < -0.39 is 23.8 Å². The number of aliphatic hydroxyl groups is 1. The highest BCUT2D eigenvalue weighted by Gasteiger charge is 2.69. The number of nitrogens with zero attached hydrogens (tertiary/aromatic N) is 1. The maximum atomic E-state index is 11.5. The van der Waals surface area contributed by atoms with Crippen LogP contribution in [0.2, 0.25) is 15.1 Å². The van der Waals surface area contributed by atoms with Crippen LogP contribution in [0.1, 0.15) is 114 Å². The lowest BCUT2D eigenvalue weighted by Gasteiger charge is -2.60. The van der Waals surface area contributed by atoms with Crippen molar-refractivity contribution in [1.82, 2.24) is 4.90 Å². The van der Waals surface area contributed by atoms with Crippen LogP contribution in [-0.4, -0.2) is 60.7 Å². The van der Waals surface area contributed by atoms with Crippen LogP contribution in [0, 0.1) is 23.7 Å². The van der Waals surface area contributed by atoms with Gasteiger partial charge >= 0.3 is 0 Å². The Bertz CT molecular complexity index is 1860. The second-order valence-corrected chi connectivity index (χ2v) is 18.1. The van der Waals surface area contributed by atoms with Crippen LogP contribution < -0.4 is 0 Å². The molecule has 0 amide bonds. The maximum absolute atomic E-state index is 11.5. The molecule has 4 aliphatic heterocycles. The molecule has 10 heteroatoms. The van der Waals surface area contributed by atoms with E-state index in [-0.39, 0.29) is 12.2 Å². The molecule has 5 fully saturated rings. The van der Waals surface area contributed by atoms with Crippen molar-refractivity contribution >= 4 is 46.5 Å². The summed E-state index contributed by atoms with van der Waals surface area (Å²) in [6, 6.07) is 17.6. The fraction of sp³-hybridized carbons (Fsp3) is 0.565. The summed E-state index contributed by atoms with van der Waals surface area (Å²) in [4.78, 5) is 14.2. The third-order valence-corrected chi connectivity index (χ3v) is 13.6. The molecule has 9 atom stereocenters.